The molecule has 0 amide bonds. The zero-order valence-corrected chi connectivity index (χ0v) is 16.8. The van der Waals surface area contributed by atoms with Gasteiger partial charge in [-0.15, -0.1) is 5.10 Å². The summed E-state index contributed by atoms with van der Waals surface area (Å²) in [6.07, 6.45) is 3.44. The number of pyridine rings is 1. The summed E-state index contributed by atoms with van der Waals surface area (Å²) in [5.74, 6) is 0.624. The first-order valence-electron chi connectivity index (χ1n) is 8.76. The first-order valence-corrected chi connectivity index (χ1v) is 9.56. The third-order valence-electron chi connectivity index (χ3n) is 4.87. The number of rotatable bonds is 2. The van der Waals surface area contributed by atoms with E-state index in [9.17, 15) is 4.79 Å². The lowest BCUT2D eigenvalue weighted by molar-refractivity contribution is 0.102. The van der Waals surface area contributed by atoms with Gasteiger partial charge < -0.3 is 4.57 Å². The Balaban J connectivity index is 1.70. The van der Waals surface area contributed by atoms with Crippen LogP contribution in [0.25, 0.3) is 17.1 Å². The maximum atomic E-state index is 13.0. The molecule has 8 heteroatoms. The maximum absolute atomic E-state index is 13.0. The van der Waals surface area contributed by atoms with Gasteiger partial charge in [0, 0.05) is 27.5 Å². The van der Waals surface area contributed by atoms with Crippen molar-refractivity contribution in [3.05, 3.63) is 75.8 Å². The van der Waals surface area contributed by atoms with Gasteiger partial charge in [-0.3, -0.25) is 9.78 Å². The van der Waals surface area contributed by atoms with Gasteiger partial charge in [-0.05, 0) is 44.2 Å². The molecular formula is C20H15BrN6O. The van der Waals surface area contributed by atoms with Gasteiger partial charge in [0.15, 0.2) is 5.82 Å². The number of carbonyl (C=O) groups is 1. The highest BCUT2D eigenvalue weighted by atomic mass is 79.9. The van der Waals surface area contributed by atoms with Crippen molar-refractivity contribution in [3.63, 3.8) is 0 Å². The topological polar surface area (TPSA) is 78.5 Å². The van der Waals surface area contributed by atoms with Gasteiger partial charge in [-0.1, -0.05) is 15.9 Å². The van der Waals surface area contributed by atoms with E-state index < -0.39 is 0 Å². The number of hydrogen-bond acceptors (Lipinski definition) is 5. The van der Waals surface area contributed by atoms with E-state index in [-0.39, 0.29) is 11.6 Å². The van der Waals surface area contributed by atoms with Crippen LogP contribution in [0.2, 0.25) is 0 Å². The van der Waals surface area contributed by atoms with Gasteiger partial charge in [0.05, 0.1) is 29.9 Å². The zero-order valence-electron chi connectivity index (χ0n) is 15.2. The fraction of sp³-hybridized carbons (Fsp3) is 0.150. The van der Waals surface area contributed by atoms with Crippen LogP contribution in [0.1, 0.15) is 33.3 Å². The molecule has 0 bridgehead atoms. The second-order valence-corrected chi connectivity index (χ2v) is 7.66. The third-order valence-corrected chi connectivity index (χ3v) is 5.36. The highest BCUT2D eigenvalue weighted by Crippen LogP contribution is 2.33. The third kappa shape index (κ3) is 2.60. The quantitative estimate of drug-likeness (QED) is 0.397. The molecule has 0 fully saturated rings. The minimum Gasteiger partial charge on any atom is -0.300 e. The molecule has 1 aromatic carbocycles. The predicted molar refractivity (Wildman–Crippen MR) is 107 cm³/mol. The molecule has 0 unspecified atom stereocenters. The number of hydrogen-bond donors (Lipinski definition) is 0. The summed E-state index contributed by atoms with van der Waals surface area (Å²) in [7, 11) is 0. The molecule has 3 aromatic heterocycles. The molecule has 28 heavy (non-hydrogen) atoms. The largest absolute Gasteiger partial charge is 0.300 e. The summed E-state index contributed by atoms with van der Waals surface area (Å²) < 4.78 is 4.76. The molecule has 4 aromatic rings. The van der Waals surface area contributed by atoms with Crippen molar-refractivity contribution in [1.82, 2.24) is 29.3 Å². The smallest absolute Gasteiger partial charge is 0.232 e. The summed E-state index contributed by atoms with van der Waals surface area (Å²) in [5.41, 5.74) is 5.11. The van der Waals surface area contributed by atoms with Gasteiger partial charge in [0.1, 0.15) is 0 Å². The highest BCUT2D eigenvalue weighted by Gasteiger charge is 2.26. The summed E-state index contributed by atoms with van der Waals surface area (Å²) in [4.78, 5) is 26.2. The van der Waals surface area contributed by atoms with Crippen molar-refractivity contribution < 1.29 is 4.79 Å². The Morgan fingerprint density at radius 1 is 1.14 bits per heavy atom. The van der Waals surface area contributed by atoms with E-state index in [2.05, 4.69) is 40.5 Å². The monoisotopic (exact) mass is 434 g/mol. The first-order chi connectivity index (χ1) is 13.5. The van der Waals surface area contributed by atoms with E-state index in [4.69, 9.17) is 0 Å². The average molecular weight is 435 g/mol. The van der Waals surface area contributed by atoms with E-state index in [0.29, 0.717) is 17.9 Å². The number of halogens is 1. The van der Waals surface area contributed by atoms with Crippen LogP contribution in [0, 0.1) is 13.8 Å². The van der Waals surface area contributed by atoms with Gasteiger partial charge in [-0.2, -0.15) is 0 Å². The minimum atomic E-state index is -0.215. The predicted octanol–water partition coefficient (Wildman–Crippen LogP) is 3.50. The standard InChI is InChI=1S/C20H15BrN6O/c1-11-7-13(5-6-22-11)18(28)19-24-20-15-8-14(21)3-4-16(15)26-10-23-12(2)17(26)9-27(20)25-19/h3-8,10H,9H2,1-2H3. The van der Waals surface area contributed by atoms with Crippen LogP contribution < -0.4 is 0 Å². The Morgan fingerprint density at radius 3 is 2.82 bits per heavy atom. The lowest BCUT2D eigenvalue weighted by Gasteiger charge is -2.08. The van der Waals surface area contributed by atoms with Crippen LogP contribution in [0.15, 0.2) is 47.3 Å². The second-order valence-electron chi connectivity index (χ2n) is 6.74. The maximum Gasteiger partial charge on any atom is 0.232 e. The van der Waals surface area contributed by atoms with E-state index in [1.54, 1.807) is 23.0 Å². The Morgan fingerprint density at radius 2 is 2.00 bits per heavy atom. The van der Waals surface area contributed by atoms with Crippen LogP contribution in [0.5, 0.6) is 0 Å². The summed E-state index contributed by atoms with van der Waals surface area (Å²) >= 11 is 3.54. The highest BCUT2D eigenvalue weighted by molar-refractivity contribution is 9.10. The number of ketones is 1. The molecule has 0 radical (unpaired) electrons. The van der Waals surface area contributed by atoms with E-state index >= 15 is 0 Å². The Bertz CT molecular complexity index is 1260. The number of fused-ring (bicyclic) bond motifs is 5. The molecule has 1 aliphatic rings. The van der Waals surface area contributed by atoms with Crippen LogP contribution in [0.4, 0.5) is 0 Å². The molecule has 0 saturated carbocycles. The molecule has 0 saturated heterocycles. The number of carbonyl (C=O) groups excluding carboxylic acids is 1. The molecule has 0 atom stereocenters. The average Bonchev–Trinajstić information content (AvgIpc) is 3.23. The van der Waals surface area contributed by atoms with Crippen LogP contribution >= 0.6 is 15.9 Å². The molecule has 138 valence electrons. The SMILES string of the molecule is Cc1cc(C(=O)c2nc3n(n2)Cc2c(C)ncn2-c2ccc(Br)cc2-3)ccn1. The van der Waals surface area contributed by atoms with Gasteiger partial charge in [0.2, 0.25) is 11.6 Å². The van der Waals surface area contributed by atoms with Gasteiger partial charge in [0.25, 0.3) is 0 Å². The van der Waals surface area contributed by atoms with Crippen molar-refractivity contribution in [3.8, 4) is 17.1 Å². The molecule has 0 aliphatic carbocycles. The Kier molecular flexibility index (Phi) is 3.77. The number of benzene rings is 1. The lowest BCUT2D eigenvalue weighted by Crippen LogP contribution is -2.09. The van der Waals surface area contributed by atoms with Crippen molar-refractivity contribution in [2.24, 2.45) is 0 Å². The summed E-state index contributed by atoms with van der Waals surface area (Å²) in [6.45, 7) is 4.31. The Hall–Kier alpha value is -3.13. The molecule has 0 N–H and O–H groups in total. The number of imidazole rings is 1. The van der Waals surface area contributed by atoms with Crippen LogP contribution in [-0.4, -0.2) is 35.1 Å². The van der Waals surface area contributed by atoms with Crippen LogP contribution in [0.3, 0.4) is 0 Å². The molecular weight excluding hydrogens is 420 g/mol. The number of aryl methyl sites for hydroxylation is 2. The fourth-order valence-corrected chi connectivity index (χ4v) is 3.83. The minimum absolute atomic E-state index is 0.178. The van der Waals surface area contributed by atoms with Crippen molar-refractivity contribution >= 4 is 21.7 Å². The molecule has 5 rings (SSSR count). The fourth-order valence-electron chi connectivity index (χ4n) is 3.46. The van der Waals surface area contributed by atoms with Crippen LogP contribution in [-0.2, 0) is 6.54 Å². The first kappa shape index (κ1) is 17.0. The van der Waals surface area contributed by atoms with Crippen molar-refractivity contribution in [2.45, 2.75) is 20.4 Å². The molecule has 7 nitrogen and oxygen atoms in total. The van der Waals surface area contributed by atoms with Gasteiger partial charge in [-0.25, -0.2) is 14.6 Å². The van der Waals surface area contributed by atoms with Gasteiger partial charge >= 0.3 is 0 Å². The zero-order chi connectivity index (χ0) is 19.4. The number of nitrogens with zero attached hydrogens (tertiary/aromatic N) is 6. The lowest BCUT2D eigenvalue weighted by atomic mass is 10.1. The van der Waals surface area contributed by atoms with Crippen molar-refractivity contribution in [1.29, 1.82) is 0 Å². The summed E-state index contributed by atoms with van der Waals surface area (Å²) in [6, 6.07) is 9.42. The molecule has 1 aliphatic heterocycles. The number of aromatic nitrogens is 6. The summed E-state index contributed by atoms with van der Waals surface area (Å²) in [5, 5.41) is 4.54. The normalized spacial score (nSPS) is 12.1. The van der Waals surface area contributed by atoms with Crippen molar-refractivity contribution in [2.75, 3.05) is 0 Å². The van der Waals surface area contributed by atoms with E-state index in [1.807, 2.05) is 38.4 Å². The van der Waals surface area contributed by atoms with E-state index in [1.165, 1.54) is 0 Å². The Labute approximate surface area is 169 Å². The molecule has 4 heterocycles. The second kappa shape index (κ2) is 6.20. The van der Waals surface area contributed by atoms with E-state index in [0.717, 1.165) is 32.8 Å². The molecule has 0 spiro atoms.